The molecule has 1 aliphatic heterocycles. The molecule has 0 unspecified atom stereocenters. The number of likely N-dealkylation sites (tertiary alicyclic amines) is 1. The number of nitrogens with one attached hydrogen (secondary N) is 1. The lowest BCUT2D eigenvalue weighted by Gasteiger charge is -2.31. The number of benzene rings is 2. The fourth-order valence-electron chi connectivity index (χ4n) is 3.72. The Labute approximate surface area is 174 Å². The highest BCUT2D eigenvalue weighted by molar-refractivity contribution is 6.35. The molecule has 0 atom stereocenters. The third-order valence-corrected chi connectivity index (χ3v) is 5.95. The Morgan fingerprint density at radius 2 is 1.93 bits per heavy atom. The zero-order valence-corrected chi connectivity index (χ0v) is 17.2. The lowest BCUT2D eigenvalue weighted by Crippen LogP contribution is -2.38. The third-order valence-electron chi connectivity index (χ3n) is 5.39. The number of aryl methyl sites for hydroxylation is 1. The molecule has 1 aliphatic rings. The summed E-state index contributed by atoms with van der Waals surface area (Å²) in [6.45, 7) is 2.52. The Balaban J connectivity index is 1.35. The van der Waals surface area contributed by atoms with E-state index >= 15 is 0 Å². The number of para-hydroxylation sites is 2. The first-order valence-electron chi connectivity index (χ1n) is 9.40. The number of anilines is 1. The molecule has 28 heavy (non-hydrogen) atoms. The summed E-state index contributed by atoms with van der Waals surface area (Å²) >= 11 is 12.1. The molecular formula is C21H22Cl2N4O. The minimum atomic E-state index is -0.0215. The van der Waals surface area contributed by atoms with Gasteiger partial charge in [-0.2, -0.15) is 0 Å². The fraction of sp³-hybridized carbons (Fsp3) is 0.333. The summed E-state index contributed by atoms with van der Waals surface area (Å²) in [5.74, 6) is 1.04. The van der Waals surface area contributed by atoms with E-state index in [1.54, 1.807) is 18.2 Å². The lowest BCUT2D eigenvalue weighted by molar-refractivity contribution is -0.121. The minimum Gasteiger partial charge on any atom is -0.330 e. The van der Waals surface area contributed by atoms with Crippen LogP contribution in [0.4, 0.5) is 5.69 Å². The molecule has 1 amide bonds. The normalized spacial score (nSPS) is 15.8. The average molecular weight is 417 g/mol. The van der Waals surface area contributed by atoms with E-state index in [4.69, 9.17) is 28.2 Å². The molecule has 2 aromatic carbocycles. The SMILES string of the molecule is Cn1c(CN2CCC(C(=O)Nc3cc(Cl)ccc3Cl)CC2)nc2ccccc21. The van der Waals surface area contributed by atoms with E-state index in [2.05, 4.69) is 27.9 Å². The molecule has 0 radical (unpaired) electrons. The highest BCUT2D eigenvalue weighted by Crippen LogP contribution is 2.27. The Morgan fingerprint density at radius 1 is 1.18 bits per heavy atom. The highest BCUT2D eigenvalue weighted by Gasteiger charge is 2.26. The van der Waals surface area contributed by atoms with Gasteiger partial charge in [-0.1, -0.05) is 35.3 Å². The van der Waals surface area contributed by atoms with Gasteiger partial charge in [0.25, 0.3) is 0 Å². The monoisotopic (exact) mass is 416 g/mol. The van der Waals surface area contributed by atoms with Crippen LogP contribution >= 0.6 is 23.2 Å². The molecule has 7 heteroatoms. The molecule has 0 bridgehead atoms. The Kier molecular flexibility index (Phi) is 5.58. The van der Waals surface area contributed by atoms with Crippen molar-refractivity contribution >= 4 is 45.8 Å². The number of hydrogen-bond donors (Lipinski definition) is 1. The van der Waals surface area contributed by atoms with Gasteiger partial charge in [0.15, 0.2) is 0 Å². The van der Waals surface area contributed by atoms with Gasteiger partial charge in [-0.05, 0) is 56.3 Å². The molecule has 0 saturated carbocycles. The van der Waals surface area contributed by atoms with Gasteiger partial charge in [0.1, 0.15) is 5.82 Å². The van der Waals surface area contributed by atoms with Crippen LogP contribution in [-0.2, 0) is 18.4 Å². The van der Waals surface area contributed by atoms with E-state index in [0.29, 0.717) is 15.7 Å². The number of rotatable bonds is 4. The van der Waals surface area contributed by atoms with E-state index in [9.17, 15) is 4.79 Å². The summed E-state index contributed by atoms with van der Waals surface area (Å²) in [5, 5.41) is 3.97. The Bertz CT molecular complexity index is 1010. The van der Waals surface area contributed by atoms with Gasteiger partial charge in [-0.15, -0.1) is 0 Å². The van der Waals surface area contributed by atoms with Crippen molar-refractivity contribution in [3.8, 4) is 0 Å². The largest absolute Gasteiger partial charge is 0.330 e. The first-order valence-corrected chi connectivity index (χ1v) is 10.2. The van der Waals surface area contributed by atoms with Crippen LogP contribution in [0.1, 0.15) is 18.7 Å². The van der Waals surface area contributed by atoms with E-state index in [0.717, 1.165) is 49.3 Å². The first-order chi connectivity index (χ1) is 13.5. The first kappa shape index (κ1) is 19.2. The van der Waals surface area contributed by atoms with Crippen molar-refractivity contribution in [2.45, 2.75) is 19.4 Å². The van der Waals surface area contributed by atoms with Crippen LogP contribution in [0.15, 0.2) is 42.5 Å². The van der Waals surface area contributed by atoms with Crippen LogP contribution in [0.2, 0.25) is 10.0 Å². The number of hydrogen-bond acceptors (Lipinski definition) is 3. The maximum Gasteiger partial charge on any atom is 0.227 e. The van der Waals surface area contributed by atoms with Gasteiger partial charge in [-0.3, -0.25) is 9.69 Å². The standard InChI is InChI=1S/C21H22Cl2N4O/c1-26-19-5-3-2-4-17(19)24-20(26)13-27-10-8-14(9-11-27)21(28)25-18-12-15(22)6-7-16(18)23/h2-7,12,14H,8-11,13H2,1H3,(H,25,28). The summed E-state index contributed by atoms with van der Waals surface area (Å²) in [4.78, 5) is 19.7. The number of carbonyl (C=O) groups excluding carboxylic acids is 1. The maximum absolute atomic E-state index is 12.6. The number of carbonyl (C=O) groups is 1. The second-order valence-electron chi connectivity index (χ2n) is 7.24. The molecule has 1 aromatic heterocycles. The zero-order chi connectivity index (χ0) is 19.7. The van der Waals surface area contributed by atoms with E-state index < -0.39 is 0 Å². The molecule has 2 heterocycles. The smallest absolute Gasteiger partial charge is 0.227 e. The summed E-state index contributed by atoms with van der Waals surface area (Å²) in [5.41, 5.74) is 2.74. The topological polar surface area (TPSA) is 50.2 Å². The van der Waals surface area contributed by atoms with Crippen molar-refractivity contribution in [3.05, 3.63) is 58.3 Å². The van der Waals surface area contributed by atoms with E-state index in [1.165, 1.54) is 0 Å². The van der Waals surface area contributed by atoms with Crippen molar-refractivity contribution in [1.29, 1.82) is 0 Å². The second kappa shape index (κ2) is 8.11. The van der Waals surface area contributed by atoms with Crippen LogP contribution in [-0.4, -0.2) is 33.4 Å². The molecule has 146 valence electrons. The van der Waals surface area contributed by atoms with Crippen molar-refractivity contribution in [2.75, 3.05) is 18.4 Å². The molecule has 1 saturated heterocycles. The zero-order valence-electron chi connectivity index (χ0n) is 15.7. The van der Waals surface area contributed by atoms with Gasteiger partial charge in [0.2, 0.25) is 5.91 Å². The summed E-state index contributed by atoms with van der Waals surface area (Å²) < 4.78 is 2.15. The van der Waals surface area contributed by atoms with Crippen molar-refractivity contribution in [3.63, 3.8) is 0 Å². The second-order valence-corrected chi connectivity index (χ2v) is 8.08. The molecule has 3 aromatic rings. The van der Waals surface area contributed by atoms with Gasteiger partial charge >= 0.3 is 0 Å². The third kappa shape index (κ3) is 4.02. The Morgan fingerprint density at radius 3 is 2.68 bits per heavy atom. The van der Waals surface area contributed by atoms with Crippen molar-refractivity contribution < 1.29 is 4.79 Å². The lowest BCUT2D eigenvalue weighted by atomic mass is 9.96. The Hall–Kier alpha value is -2.08. The summed E-state index contributed by atoms with van der Waals surface area (Å²) in [6, 6.07) is 13.2. The van der Waals surface area contributed by atoms with Crippen molar-refractivity contribution in [2.24, 2.45) is 13.0 Å². The minimum absolute atomic E-state index is 0.00606. The average Bonchev–Trinajstić information content (AvgIpc) is 3.01. The van der Waals surface area contributed by atoms with Gasteiger partial charge in [-0.25, -0.2) is 4.98 Å². The van der Waals surface area contributed by atoms with Gasteiger partial charge in [0.05, 0.1) is 28.3 Å². The number of imidazole rings is 1. The van der Waals surface area contributed by atoms with Crippen LogP contribution in [0, 0.1) is 5.92 Å². The van der Waals surface area contributed by atoms with Crippen LogP contribution in [0.3, 0.4) is 0 Å². The van der Waals surface area contributed by atoms with E-state index in [-0.39, 0.29) is 11.8 Å². The number of piperidine rings is 1. The molecule has 5 nitrogen and oxygen atoms in total. The number of amides is 1. The summed E-state index contributed by atoms with van der Waals surface area (Å²) in [6.07, 6.45) is 1.63. The maximum atomic E-state index is 12.6. The highest BCUT2D eigenvalue weighted by atomic mass is 35.5. The molecule has 0 spiro atoms. The molecule has 1 fully saturated rings. The number of nitrogens with zero attached hydrogens (tertiary/aromatic N) is 3. The number of fused-ring (bicyclic) bond motifs is 1. The van der Waals surface area contributed by atoms with Crippen molar-refractivity contribution in [1.82, 2.24) is 14.5 Å². The van der Waals surface area contributed by atoms with Crippen LogP contribution in [0.25, 0.3) is 11.0 Å². The molecule has 0 aliphatic carbocycles. The van der Waals surface area contributed by atoms with Gasteiger partial charge in [0, 0.05) is 18.0 Å². The predicted octanol–water partition coefficient (Wildman–Crippen LogP) is 4.73. The summed E-state index contributed by atoms with van der Waals surface area (Å²) in [7, 11) is 2.06. The molecule has 1 N–H and O–H groups in total. The predicted molar refractivity (Wildman–Crippen MR) is 114 cm³/mol. The number of halogens is 2. The molecule has 4 rings (SSSR count). The fourth-order valence-corrected chi connectivity index (χ4v) is 4.06. The van der Waals surface area contributed by atoms with Crippen LogP contribution < -0.4 is 5.32 Å². The molecular weight excluding hydrogens is 395 g/mol. The van der Waals surface area contributed by atoms with Gasteiger partial charge < -0.3 is 9.88 Å². The van der Waals surface area contributed by atoms with E-state index in [1.807, 2.05) is 18.2 Å². The van der Waals surface area contributed by atoms with Crippen LogP contribution in [0.5, 0.6) is 0 Å². The quantitative estimate of drug-likeness (QED) is 0.668. The number of aromatic nitrogens is 2.